The van der Waals surface area contributed by atoms with E-state index in [1.54, 1.807) is 6.08 Å². The normalized spacial score (nSPS) is 12.0. The number of rotatable bonds is 6. The quantitative estimate of drug-likeness (QED) is 0.370. The lowest BCUT2D eigenvalue weighted by Crippen LogP contribution is -2.14. The van der Waals surface area contributed by atoms with Gasteiger partial charge in [0.25, 0.3) is 0 Å². The Bertz CT molecular complexity index is 1240. The van der Waals surface area contributed by atoms with E-state index in [4.69, 9.17) is 11.6 Å². The Kier molecular flexibility index (Phi) is 9.01. The predicted molar refractivity (Wildman–Crippen MR) is 158 cm³/mol. The van der Waals surface area contributed by atoms with E-state index in [1.165, 1.54) is 26.4 Å². The van der Waals surface area contributed by atoms with Crippen LogP contribution >= 0.6 is 22.9 Å². The summed E-state index contributed by atoms with van der Waals surface area (Å²) in [4.78, 5) is 6.60. The molecular formula is C30H36ClN3S. The second-order valence-electron chi connectivity index (χ2n) is 9.18. The van der Waals surface area contributed by atoms with Gasteiger partial charge in [0.1, 0.15) is 0 Å². The van der Waals surface area contributed by atoms with E-state index in [1.807, 2.05) is 69.7 Å². The molecule has 0 aliphatic heterocycles. The van der Waals surface area contributed by atoms with Crippen molar-refractivity contribution in [2.75, 3.05) is 40.1 Å². The summed E-state index contributed by atoms with van der Waals surface area (Å²) in [6.45, 7) is 12.3. The third kappa shape index (κ3) is 6.26. The molecule has 35 heavy (non-hydrogen) atoms. The summed E-state index contributed by atoms with van der Waals surface area (Å²) in [5, 5.41) is 3.85. The van der Waals surface area contributed by atoms with Crippen molar-refractivity contribution in [3.63, 3.8) is 0 Å². The molecular weight excluding hydrogens is 470 g/mol. The highest BCUT2D eigenvalue weighted by atomic mass is 35.5. The third-order valence-electron chi connectivity index (χ3n) is 5.96. The van der Waals surface area contributed by atoms with Crippen LogP contribution in [-0.4, -0.2) is 40.1 Å². The molecule has 0 saturated heterocycles. The SMILES string of the molecule is C=Cc1ccc(N(C)C(=C)c2cc3c(s2)-c2ccc(C(=C)NC)cc2CCC3)c(Cl)c1.CN(C)C. The fourth-order valence-electron chi connectivity index (χ4n) is 4.04. The number of nitrogens with one attached hydrogen (secondary N) is 1. The summed E-state index contributed by atoms with van der Waals surface area (Å²) in [6, 6.07) is 15.0. The Balaban J connectivity index is 0.000000795. The number of nitrogens with zero attached hydrogens (tertiary/aromatic N) is 2. The van der Waals surface area contributed by atoms with E-state index < -0.39 is 0 Å². The van der Waals surface area contributed by atoms with Crippen LogP contribution in [0.1, 0.15) is 33.6 Å². The van der Waals surface area contributed by atoms with Gasteiger partial charge in [-0.1, -0.05) is 55.6 Å². The Labute approximate surface area is 220 Å². The van der Waals surface area contributed by atoms with Crippen LogP contribution < -0.4 is 10.2 Å². The minimum Gasteiger partial charge on any atom is -0.388 e. The first-order valence-corrected chi connectivity index (χ1v) is 12.9. The van der Waals surface area contributed by atoms with Gasteiger partial charge in [-0.25, -0.2) is 0 Å². The molecule has 1 aliphatic rings. The molecule has 4 rings (SSSR count). The molecule has 1 N–H and O–H groups in total. The van der Waals surface area contributed by atoms with Crippen molar-refractivity contribution in [3.05, 3.63) is 94.4 Å². The minimum atomic E-state index is 0.696. The van der Waals surface area contributed by atoms with Crippen LogP contribution in [0.2, 0.25) is 5.02 Å². The van der Waals surface area contributed by atoms with Crippen LogP contribution in [0.15, 0.2) is 62.2 Å². The summed E-state index contributed by atoms with van der Waals surface area (Å²) in [7, 11) is 9.93. The lowest BCUT2D eigenvalue weighted by molar-refractivity contribution is 0.505. The average molecular weight is 506 g/mol. The van der Waals surface area contributed by atoms with Crippen LogP contribution in [0.3, 0.4) is 0 Å². The van der Waals surface area contributed by atoms with E-state index in [2.05, 4.69) is 54.2 Å². The Morgan fingerprint density at radius 2 is 1.69 bits per heavy atom. The van der Waals surface area contributed by atoms with Gasteiger partial charge in [-0.3, -0.25) is 0 Å². The van der Waals surface area contributed by atoms with Gasteiger partial charge in [0.05, 0.1) is 21.3 Å². The first kappa shape index (κ1) is 26.8. The second-order valence-corrected chi connectivity index (χ2v) is 10.6. The molecule has 3 aromatic rings. The van der Waals surface area contributed by atoms with Gasteiger partial charge in [0.2, 0.25) is 0 Å². The first-order valence-electron chi connectivity index (χ1n) is 11.7. The number of hydrogen-bond acceptors (Lipinski definition) is 4. The zero-order chi connectivity index (χ0) is 25.7. The Morgan fingerprint density at radius 1 is 1.00 bits per heavy atom. The van der Waals surface area contributed by atoms with Crippen LogP contribution in [0.5, 0.6) is 0 Å². The molecule has 0 bridgehead atoms. The highest BCUT2D eigenvalue weighted by molar-refractivity contribution is 7.16. The van der Waals surface area contributed by atoms with Crippen molar-refractivity contribution in [2.45, 2.75) is 19.3 Å². The molecule has 0 unspecified atom stereocenters. The predicted octanol–water partition coefficient (Wildman–Crippen LogP) is 7.68. The second kappa shape index (κ2) is 11.8. The van der Waals surface area contributed by atoms with E-state index in [-0.39, 0.29) is 0 Å². The minimum absolute atomic E-state index is 0.696. The zero-order valence-corrected chi connectivity index (χ0v) is 23.1. The van der Waals surface area contributed by atoms with Gasteiger partial charge in [-0.2, -0.15) is 0 Å². The lowest BCUT2D eigenvalue weighted by Gasteiger charge is -2.22. The topological polar surface area (TPSA) is 18.5 Å². The van der Waals surface area contributed by atoms with E-state index in [0.717, 1.165) is 47.5 Å². The smallest absolute Gasteiger partial charge is 0.0648 e. The lowest BCUT2D eigenvalue weighted by atomic mass is 9.99. The van der Waals surface area contributed by atoms with Gasteiger partial charge < -0.3 is 15.1 Å². The Morgan fingerprint density at radius 3 is 2.31 bits per heavy atom. The molecule has 3 nitrogen and oxygen atoms in total. The van der Waals surface area contributed by atoms with Crippen molar-refractivity contribution in [1.29, 1.82) is 0 Å². The summed E-state index contributed by atoms with van der Waals surface area (Å²) in [5.41, 5.74) is 9.14. The third-order valence-corrected chi connectivity index (χ3v) is 7.52. The summed E-state index contributed by atoms with van der Waals surface area (Å²) < 4.78 is 0. The number of thiophene rings is 1. The summed E-state index contributed by atoms with van der Waals surface area (Å²) >= 11 is 8.35. The molecule has 0 saturated carbocycles. The van der Waals surface area contributed by atoms with Gasteiger partial charge in [0.15, 0.2) is 0 Å². The van der Waals surface area contributed by atoms with Gasteiger partial charge in [-0.15, -0.1) is 11.3 Å². The number of aryl methyl sites for hydroxylation is 2. The van der Waals surface area contributed by atoms with E-state index >= 15 is 0 Å². The van der Waals surface area contributed by atoms with Crippen LogP contribution in [0, 0.1) is 0 Å². The fourth-order valence-corrected chi connectivity index (χ4v) is 5.63. The molecule has 5 heteroatoms. The number of fused-ring (bicyclic) bond motifs is 3. The standard InChI is InChI=1S/C27H27ClN2S.C3H9N/c1-6-19-10-13-25(24(28)14-19)30(5)18(3)26-16-22-9-7-8-21-15-20(17(2)29-4)11-12-23(21)27(22)31-26;1-4(2)3/h6,10-16,29H,1-3,7-9H2,4-5H3;1-3H3. The monoisotopic (exact) mass is 505 g/mol. The number of anilines is 1. The van der Waals surface area contributed by atoms with Gasteiger partial charge in [-0.05, 0) is 92.5 Å². The maximum atomic E-state index is 6.54. The number of halogens is 1. The van der Waals surface area contributed by atoms with Crippen molar-refractivity contribution in [1.82, 2.24) is 10.2 Å². The maximum absolute atomic E-state index is 6.54. The largest absolute Gasteiger partial charge is 0.388 e. The van der Waals surface area contributed by atoms with Crippen molar-refractivity contribution < 1.29 is 0 Å². The Hall–Kier alpha value is -2.79. The van der Waals surface area contributed by atoms with Crippen molar-refractivity contribution >= 4 is 46.1 Å². The molecule has 0 radical (unpaired) electrons. The average Bonchev–Trinajstić information content (AvgIpc) is 3.18. The van der Waals surface area contributed by atoms with Crippen molar-refractivity contribution in [2.24, 2.45) is 0 Å². The van der Waals surface area contributed by atoms with E-state index in [0.29, 0.717) is 5.02 Å². The molecule has 184 valence electrons. The van der Waals surface area contributed by atoms with Crippen LogP contribution in [-0.2, 0) is 12.8 Å². The molecule has 0 fully saturated rings. The van der Waals surface area contributed by atoms with Crippen LogP contribution in [0.4, 0.5) is 5.69 Å². The highest BCUT2D eigenvalue weighted by Crippen LogP contribution is 2.42. The molecule has 0 atom stereocenters. The van der Waals surface area contributed by atoms with E-state index in [9.17, 15) is 0 Å². The van der Waals surface area contributed by atoms with Crippen molar-refractivity contribution in [3.8, 4) is 10.4 Å². The highest BCUT2D eigenvalue weighted by Gasteiger charge is 2.21. The molecule has 2 aromatic carbocycles. The molecule has 0 amide bonds. The number of hydrogen-bond donors (Lipinski definition) is 1. The molecule has 1 heterocycles. The zero-order valence-electron chi connectivity index (χ0n) is 21.5. The fraction of sp³-hybridized carbons (Fsp3) is 0.267. The van der Waals surface area contributed by atoms with Crippen LogP contribution in [0.25, 0.3) is 27.9 Å². The molecule has 0 spiro atoms. The summed E-state index contributed by atoms with van der Waals surface area (Å²) in [6.07, 6.45) is 5.11. The molecule has 1 aliphatic carbocycles. The van der Waals surface area contributed by atoms with Gasteiger partial charge in [0, 0.05) is 24.7 Å². The maximum Gasteiger partial charge on any atom is 0.0648 e. The number of benzene rings is 2. The van der Waals surface area contributed by atoms with Gasteiger partial charge >= 0.3 is 0 Å². The summed E-state index contributed by atoms with van der Waals surface area (Å²) in [5.74, 6) is 0. The first-order chi connectivity index (χ1) is 16.7. The molecule has 1 aromatic heterocycles.